The topological polar surface area (TPSA) is 58.0 Å². The van der Waals surface area contributed by atoms with Crippen LogP contribution in [0.25, 0.3) is 10.4 Å². The molecule has 5 heteroatoms. The summed E-state index contributed by atoms with van der Waals surface area (Å²) in [5.74, 6) is 0.850. The van der Waals surface area contributed by atoms with Gasteiger partial charge in [0.1, 0.15) is 5.75 Å². The standard InChI is InChI=1S/C25H27N3OSi/c1-25(2,3)30(21-10-6-4-7-11-21,22-12-8-5-9-13-22)29-20-16-14-19-15-17-24(27-28-26)23(19)18-20/h4-14,16,18,24H,15,17H2,1-3H3. The van der Waals surface area contributed by atoms with Crippen LogP contribution in [0.4, 0.5) is 0 Å². The zero-order valence-electron chi connectivity index (χ0n) is 17.7. The van der Waals surface area contributed by atoms with Gasteiger partial charge in [-0.25, -0.2) is 0 Å². The van der Waals surface area contributed by atoms with E-state index in [1.165, 1.54) is 15.9 Å². The fraction of sp³-hybridized carbons (Fsp3) is 0.280. The average molecular weight is 414 g/mol. The molecule has 0 saturated carbocycles. The summed E-state index contributed by atoms with van der Waals surface area (Å²) in [5, 5.41) is 6.40. The largest absolute Gasteiger partial charge is 0.534 e. The van der Waals surface area contributed by atoms with E-state index in [-0.39, 0.29) is 11.1 Å². The lowest BCUT2D eigenvalue weighted by molar-refractivity contribution is 0.507. The van der Waals surface area contributed by atoms with Gasteiger partial charge in [0.25, 0.3) is 0 Å². The first-order chi connectivity index (χ1) is 14.5. The molecule has 0 saturated heterocycles. The van der Waals surface area contributed by atoms with E-state index < -0.39 is 8.32 Å². The summed E-state index contributed by atoms with van der Waals surface area (Å²) in [4.78, 5) is 3.05. The Morgan fingerprint density at radius 2 is 1.53 bits per heavy atom. The van der Waals surface area contributed by atoms with Crippen molar-refractivity contribution < 1.29 is 4.43 Å². The van der Waals surface area contributed by atoms with Gasteiger partial charge in [0.05, 0.1) is 6.04 Å². The van der Waals surface area contributed by atoms with E-state index in [0.717, 1.165) is 24.2 Å². The second kappa shape index (κ2) is 8.02. The number of benzene rings is 3. The minimum Gasteiger partial charge on any atom is -0.534 e. The zero-order valence-corrected chi connectivity index (χ0v) is 18.7. The number of nitrogens with zero attached hydrogens (tertiary/aromatic N) is 3. The van der Waals surface area contributed by atoms with Gasteiger partial charge in [0, 0.05) is 4.91 Å². The molecule has 1 aliphatic carbocycles. The maximum atomic E-state index is 8.95. The fourth-order valence-corrected chi connectivity index (χ4v) is 9.04. The predicted octanol–water partition coefficient (Wildman–Crippen LogP) is 5.92. The van der Waals surface area contributed by atoms with Gasteiger partial charge in [-0.05, 0) is 57.0 Å². The van der Waals surface area contributed by atoms with Gasteiger partial charge in [-0.1, -0.05) is 92.6 Å². The van der Waals surface area contributed by atoms with Gasteiger partial charge in [0.2, 0.25) is 0 Å². The second-order valence-electron chi connectivity index (χ2n) is 8.89. The summed E-state index contributed by atoms with van der Waals surface area (Å²) >= 11 is 0. The van der Waals surface area contributed by atoms with E-state index in [1.54, 1.807) is 0 Å². The summed E-state index contributed by atoms with van der Waals surface area (Å²) < 4.78 is 7.09. The highest BCUT2D eigenvalue weighted by atomic mass is 28.4. The summed E-state index contributed by atoms with van der Waals surface area (Å²) in [6.45, 7) is 6.82. The fourth-order valence-electron chi connectivity index (χ4n) is 4.63. The van der Waals surface area contributed by atoms with Crippen molar-refractivity contribution in [2.45, 2.75) is 44.7 Å². The van der Waals surface area contributed by atoms with Gasteiger partial charge in [-0.3, -0.25) is 0 Å². The van der Waals surface area contributed by atoms with E-state index in [0.29, 0.717) is 0 Å². The molecule has 0 heterocycles. The smallest absolute Gasteiger partial charge is 0.319 e. The predicted molar refractivity (Wildman–Crippen MR) is 125 cm³/mol. The monoisotopic (exact) mass is 413 g/mol. The molecule has 0 bridgehead atoms. The molecule has 1 unspecified atom stereocenters. The number of hydrogen-bond acceptors (Lipinski definition) is 2. The van der Waals surface area contributed by atoms with Crippen molar-refractivity contribution in [1.29, 1.82) is 0 Å². The molecule has 3 aromatic rings. The quantitative estimate of drug-likeness (QED) is 0.221. The Balaban J connectivity index is 1.88. The molecule has 0 fully saturated rings. The van der Waals surface area contributed by atoms with Crippen molar-refractivity contribution in [2.75, 3.05) is 0 Å². The summed E-state index contributed by atoms with van der Waals surface area (Å²) in [6, 6.07) is 27.5. The third-order valence-electron chi connectivity index (χ3n) is 6.04. The third-order valence-corrected chi connectivity index (χ3v) is 11.0. The first-order valence-electron chi connectivity index (χ1n) is 10.4. The molecule has 0 amide bonds. The summed E-state index contributed by atoms with van der Waals surface area (Å²) in [5.41, 5.74) is 11.3. The highest BCUT2D eigenvalue weighted by molar-refractivity contribution is 7.00. The molecule has 1 atom stereocenters. The van der Waals surface area contributed by atoms with Crippen molar-refractivity contribution in [3.63, 3.8) is 0 Å². The Kier molecular flexibility index (Phi) is 5.42. The van der Waals surface area contributed by atoms with E-state index in [4.69, 9.17) is 9.96 Å². The zero-order chi connectivity index (χ0) is 21.2. The van der Waals surface area contributed by atoms with Crippen LogP contribution in [0.2, 0.25) is 5.04 Å². The van der Waals surface area contributed by atoms with Crippen molar-refractivity contribution in [2.24, 2.45) is 5.11 Å². The van der Waals surface area contributed by atoms with Crippen molar-refractivity contribution >= 4 is 18.7 Å². The van der Waals surface area contributed by atoms with E-state index in [9.17, 15) is 0 Å². The molecule has 0 aromatic heterocycles. The first kappa shape index (κ1) is 20.3. The maximum Gasteiger partial charge on any atom is 0.319 e. The van der Waals surface area contributed by atoms with Crippen molar-refractivity contribution in [3.8, 4) is 5.75 Å². The van der Waals surface area contributed by atoms with Crippen LogP contribution in [0.3, 0.4) is 0 Å². The summed E-state index contributed by atoms with van der Waals surface area (Å²) in [6.07, 6.45) is 1.81. The van der Waals surface area contributed by atoms with Gasteiger partial charge in [-0.2, -0.15) is 0 Å². The lowest BCUT2D eigenvalue weighted by Gasteiger charge is -2.43. The summed E-state index contributed by atoms with van der Waals surface area (Å²) in [7, 11) is -2.67. The van der Waals surface area contributed by atoms with Crippen molar-refractivity contribution in [1.82, 2.24) is 0 Å². The number of fused-ring (bicyclic) bond motifs is 1. The number of rotatable bonds is 5. The maximum absolute atomic E-state index is 8.95. The SMILES string of the molecule is CC(C)(C)[Si](Oc1ccc2c(c1)C(N=[N+]=[N-])CC2)(c1ccccc1)c1ccccc1. The van der Waals surface area contributed by atoms with Gasteiger partial charge < -0.3 is 4.43 Å². The van der Waals surface area contributed by atoms with Crippen LogP contribution in [0.5, 0.6) is 5.75 Å². The lowest BCUT2D eigenvalue weighted by atomic mass is 10.1. The van der Waals surface area contributed by atoms with Crippen LogP contribution in [-0.2, 0) is 6.42 Å². The third kappa shape index (κ3) is 3.51. The molecule has 0 N–H and O–H groups in total. The molecule has 0 radical (unpaired) electrons. The normalized spacial score (nSPS) is 15.9. The molecule has 4 nitrogen and oxygen atoms in total. The Labute approximate surface area is 179 Å². The first-order valence-corrected chi connectivity index (χ1v) is 12.3. The van der Waals surface area contributed by atoms with Crippen LogP contribution in [-0.4, -0.2) is 8.32 Å². The van der Waals surface area contributed by atoms with Crippen LogP contribution in [0.1, 0.15) is 44.4 Å². The van der Waals surface area contributed by atoms with Crippen LogP contribution >= 0.6 is 0 Å². The molecule has 30 heavy (non-hydrogen) atoms. The Morgan fingerprint density at radius 3 is 2.07 bits per heavy atom. The highest BCUT2D eigenvalue weighted by Gasteiger charge is 2.52. The van der Waals surface area contributed by atoms with Gasteiger partial charge in [0.15, 0.2) is 0 Å². The van der Waals surface area contributed by atoms with Gasteiger partial charge in [-0.15, -0.1) is 0 Å². The Bertz CT molecular complexity index is 1030. The molecular weight excluding hydrogens is 386 g/mol. The lowest BCUT2D eigenvalue weighted by Crippen LogP contribution is -2.68. The van der Waals surface area contributed by atoms with E-state index in [2.05, 4.69) is 110 Å². The Morgan fingerprint density at radius 1 is 0.933 bits per heavy atom. The highest BCUT2D eigenvalue weighted by Crippen LogP contribution is 2.40. The van der Waals surface area contributed by atoms with Crippen LogP contribution in [0.15, 0.2) is 84.0 Å². The van der Waals surface area contributed by atoms with Crippen LogP contribution < -0.4 is 14.8 Å². The van der Waals surface area contributed by atoms with E-state index >= 15 is 0 Å². The van der Waals surface area contributed by atoms with E-state index in [1.807, 2.05) is 0 Å². The molecule has 0 aliphatic heterocycles. The van der Waals surface area contributed by atoms with Gasteiger partial charge >= 0.3 is 8.32 Å². The molecule has 1 aliphatic rings. The van der Waals surface area contributed by atoms with Crippen LogP contribution in [0, 0.1) is 0 Å². The minimum absolute atomic E-state index is 0.0983. The minimum atomic E-state index is -2.67. The number of aryl methyl sites for hydroxylation is 1. The van der Waals surface area contributed by atoms with Crippen molar-refractivity contribution in [3.05, 3.63) is 100 Å². The Hall–Kier alpha value is -3.01. The molecule has 0 spiro atoms. The molecule has 152 valence electrons. The average Bonchev–Trinajstić information content (AvgIpc) is 3.15. The number of hydrogen-bond donors (Lipinski definition) is 0. The molecule has 4 rings (SSSR count). The number of azide groups is 1. The molecule has 3 aromatic carbocycles. The molecular formula is C25H27N3OSi. The second-order valence-corrected chi connectivity index (χ2v) is 13.1.